The quantitative estimate of drug-likeness (QED) is 0.205. The first-order valence-corrected chi connectivity index (χ1v) is 0. The molecule has 0 radical (unpaired) electrons. The van der Waals surface area contributed by atoms with Gasteiger partial charge in [0.15, 0.2) is 0 Å². The van der Waals surface area contributed by atoms with E-state index in [9.17, 15) is 0 Å². The summed E-state index contributed by atoms with van der Waals surface area (Å²) in [6.07, 6.45) is 0. The van der Waals surface area contributed by atoms with E-state index in [0.717, 1.165) is 0 Å². The standard InChI is InChI=1S/50O.50Zn/q50*-2;50*+2. The minimum absolute atomic E-state index is 0. The molecule has 100 heteroatoms. The summed E-state index contributed by atoms with van der Waals surface area (Å²) in [5.41, 5.74) is 0. The molecule has 0 aromatic carbocycles. The van der Waals surface area contributed by atoms with Crippen molar-refractivity contribution in [2.45, 2.75) is 0 Å². The Hall–Kier alpha value is 29.2. The molecule has 0 aliphatic rings. The number of hydrogen-bond acceptors (Lipinski definition) is 0. The molecule has 0 rings (SSSR count). The van der Waals surface area contributed by atoms with Crippen LogP contribution in [0.25, 0.3) is 0 Å². The van der Waals surface area contributed by atoms with E-state index >= 15 is 0 Å². The van der Waals surface area contributed by atoms with Crippen molar-refractivity contribution in [2.24, 2.45) is 0 Å². The van der Waals surface area contributed by atoms with Crippen LogP contribution in [0.3, 0.4) is 0 Å². The average Bonchev–Trinajstić information content (AvgIpc) is 0. The van der Waals surface area contributed by atoms with Crippen molar-refractivity contribution in [3.8, 4) is 0 Å². The smallest absolute Gasteiger partial charge is 2.00 e. The molecule has 0 aliphatic heterocycles. The first-order valence-electron chi connectivity index (χ1n) is 0. The summed E-state index contributed by atoms with van der Waals surface area (Å²) in [5.74, 6) is 0. The van der Waals surface area contributed by atoms with Crippen LogP contribution in [0.1, 0.15) is 0 Å². The maximum absolute atomic E-state index is 0. The van der Waals surface area contributed by atoms with Gasteiger partial charge in [0.1, 0.15) is 0 Å². The molecular weight excluding hydrogens is 4070 g/mol. The van der Waals surface area contributed by atoms with Gasteiger partial charge < -0.3 is 274 Å². The predicted molar refractivity (Wildman–Crippen MR) is 34.3 cm³/mol. The zero-order valence-corrected chi connectivity index (χ0v) is 204. The van der Waals surface area contributed by atoms with Gasteiger partial charge in [0.05, 0.1) is 0 Å². The van der Waals surface area contributed by atoms with Crippen molar-refractivity contribution >= 4 is 0 Å². The van der Waals surface area contributed by atoms with Crippen LogP contribution in [0.15, 0.2) is 0 Å². The van der Waals surface area contributed by atoms with Gasteiger partial charge in [-0.2, -0.15) is 0 Å². The van der Waals surface area contributed by atoms with E-state index in [-0.39, 0.29) is 1250 Å². The van der Waals surface area contributed by atoms with Crippen LogP contribution in [0.4, 0.5) is 0 Å². The van der Waals surface area contributed by atoms with Gasteiger partial charge in [-0.3, -0.25) is 0 Å². The van der Waals surface area contributed by atoms with Crippen molar-refractivity contribution in [1.29, 1.82) is 0 Å². The summed E-state index contributed by atoms with van der Waals surface area (Å²) in [6.45, 7) is 0. The summed E-state index contributed by atoms with van der Waals surface area (Å²) in [5, 5.41) is 0. The van der Waals surface area contributed by atoms with E-state index in [2.05, 4.69) is 0 Å². The van der Waals surface area contributed by atoms with Crippen LogP contribution in [0.5, 0.6) is 0 Å². The molecule has 100 heavy (non-hydrogen) atoms. The van der Waals surface area contributed by atoms with Gasteiger partial charge in [-0.1, -0.05) is 0 Å². The molecule has 0 saturated heterocycles. The third-order valence-corrected chi connectivity index (χ3v) is 0. The molecular formula is O50Zn50. The van der Waals surface area contributed by atoms with Crippen molar-refractivity contribution in [3.05, 3.63) is 0 Å². The minimum atomic E-state index is 0. The molecule has 0 N–H and O–H groups in total. The van der Waals surface area contributed by atoms with Crippen LogP contribution >= 0.6 is 0 Å². The van der Waals surface area contributed by atoms with E-state index < -0.39 is 0 Å². The third kappa shape index (κ3) is 2380. The molecule has 0 heterocycles. The van der Waals surface area contributed by atoms with Gasteiger partial charge in [-0.25, -0.2) is 0 Å². The Morgan fingerprint density at radius 3 is 0.0200 bits per heavy atom. The molecule has 400 valence electrons. The fourth-order valence-corrected chi connectivity index (χ4v) is 0. The van der Waals surface area contributed by atoms with Crippen molar-refractivity contribution in [3.63, 3.8) is 0 Å². The van der Waals surface area contributed by atoms with Crippen LogP contribution in [0, 0.1) is 0 Å². The van der Waals surface area contributed by atoms with Crippen molar-refractivity contribution < 1.29 is 1250 Å². The maximum Gasteiger partial charge on any atom is 2.00 e. The molecule has 0 fully saturated rings. The number of hydrogen-bond donors (Lipinski definition) is 0. The fraction of sp³-hybridized carbons (Fsp3) is 0. The van der Waals surface area contributed by atoms with E-state index in [0.29, 0.717) is 0 Å². The van der Waals surface area contributed by atoms with E-state index in [1.807, 2.05) is 0 Å². The summed E-state index contributed by atoms with van der Waals surface area (Å²) in [4.78, 5) is 0. The second kappa shape index (κ2) is 2440. The van der Waals surface area contributed by atoms with Crippen LogP contribution in [-0.2, 0) is 1250 Å². The third-order valence-electron chi connectivity index (χ3n) is 0. The number of rotatable bonds is 0. The summed E-state index contributed by atoms with van der Waals surface area (Å²) < 4.78 is 0. The monoisotopic (exact) mass is 4000 g/mol. The molecule has 0 amide bonds. The largest absolute Gasteiger partial charge is 2.00 e. The molecule has 0 aromatic heterocycles. The Labute approximate surface area is 1220 Å². The summed E-state index contributed by atoms with van der Waals surface area (Å²) >= 11 is 0. The predicted octanol–water partition coefficient (Wildman–Crippen LogP) is -6.07. The topological polar surface area (TPSA) is 1420 Å². The van der Waals surface area contributed by atoms with Gasteiger partial charge in [0, 0.05) is 0 Å². The van der Waals surface area contributed by atoms with Gasteiger partial charge in [0.25, 0.3) is 0 Å². The molecule has 0 aliphatic carbocycles. The van der Waals surface area contributed by atoms with Gasteiger partial charge >= 0.3 is 974 Å². The van der Waals surface area contributed by atoms with Gasteiger partial charge in [-0.05, 0) is 0 Å². The maximum atomic E-state index is 0. The molecule has 0 aromatic rings. The molecule has 0 bridgehead atoms. The minimum Gasteiger partial charge on any atom is -2.00 e. The Kier molecular flexibility index (Phi) is 60800. The molecule has 50 nitrogen and oxygen atoms in total. The molecule has 0 unspecified atom stereocenters. The summed E-state index contributed by atoms with van der Waals surface area (Å²) in [6, 6.07) is 0. The Balaban J connectivity index is 0. The zero-order valence-electron chi connectivity index (χ0n) is 55.8. The second-order valence-electron chi connectivity index (χ2n) is 0. The van der Waals surface area contributed by atoms with Gasteiger partial charge in [-0.15, -0.1) is 0 Å². The van der Waals surface area contributed by atoms with Crippen molar-refractivity contribution in [1.82, 2.24) is 0 Å². The van der Waals surface area contributed by atoms with Crippen molar-refractivity contribution in [2.75, 3.05) is 0 Å². The van der Waals surface area contributed by atoms with E-state index in [4.69, 9.17) is 0 Å². The first kappa shape index (κ1) is 2490. The van der Waals surface area contributed by atoms with Crippen LogP contribution in [-0.4, -0.2) is 0 Å². The van der Waals surface area contributed by atoms with Crippen LogP contribution in [0.2, 0.25) is 0 Å². The summed E-state index contributed by atoms with van der Waals surface area (Å²) in [7, 11) is 0. The van der Waals surface area contributed by atoms with E-state index in [1.165, 1.54) is 0 Å². The fourth-order valence-electron chi connectivity index (χ4n) is 0. The first-order chi connectivity index (χ1) is 0. The molecule has 0 atom stereocenters. The zero-order chi connectivity index (χ0) is 0. The van der Waals surface area contributed by atoms with E-state index in [1.54, 1.807) is 0 Å². The average molecular weight is 4070 g/mol. The Morgan fingerprint density at radius 2 is 0.0200 bits per heavy atom. The second-order valence-corrected chi connectivity index (χ2v) is 0. The normalized spacial score (nSPS) is 0. The SMILES string of the molecule is [O-2].[O-2].[O-2].[O-2].[O-2].[O-2].[O-2].[O-2].[O-2].[O-2].[O-2].[O-2].[O-2].[O-2].[O-2].[O-2].[O-2].[O-2].[O-2].[O-2].[O-2].[O-2].[O-2].[O-2].[O-2].[O-2].[O-2].[O-2].[O-2].[O-2].[O-2].[O-2].[O-2].[O-2].[O-2].[O-2].[O-2].[O-2].[O-2].[O-2].[O-2].[O-2].[O-2].[O-2].[O-2].[O-2].[O-2].[O-2].[O-2].[O-2].[Zn+2].[Zn+2].[Zn+2].[Zn+2].[Zn+2].[Zn+2].[Zn+2].[Zn+2].[Zn+2].[Zn+2].[Zn+2].[Zn+2].[Zn+2].[Zn+2].[Zn+2].[Zn+2].[Zn+2].[Zn+2].[Zn+2].[Zn+2].[Zn+2].[Zn+2].[Zn+2].[Zn+2].[Zn+2].[Zn+2].[Zn+2].[Zn+2].[Zn+2].[Zn+2].[Zn+2].[Zn+2].[Zn+2].[Zn+2].[Zn+2].[Zn+2].[Zn+2].[Zn+2].[Zn+2].[Zn+2].[Zn+2].[Zn+2].[Zn+2].[Zn+2].[Zn+2].[Zn+2].[Zn+2].[Zn+2].[Zn+2].[Zn+2]. The molecule has 0 spiro atoms. The van der Waals surface area contributed by atoms with Gasteiger partial charge in [0.2, 0.25) is 0 Å². The van der Waals surface area contributed by atoms with Crippen LogP contribution < -0.4 is 0 Å². The molecule has 0 saturated carbocycles. The Bertz CT molecular complexity index is 100. The Morgan fingerprint density at radius 1 is 0.0200 bits per heavy atom.